The van der Waals surface area contributed by atoms with Gasteiger partial charge in [0.25, 0.3) is 0 Å². The Balaban J connectivity index is 3.14. The molecule has 118 valence electrons. The molecular weight excluding hydrogens is 266 g/mol. The van der Waals surface area contributed by atoms with E-state index in [-0.39, 0.29) is 5.91 Å². The maximum absolute atomic E-state index is 12.0. The third kappa shape index (κ3) is 4.58. The van der Waals surface area contributed by atoms with Crippen LogP contribution in [-0.4, -0.2) is 48.0 Å². The van der Waals surface area contributed by atoms with Crippen LogP contribution in [0, 0.1) is 6.92 Å². The molecule has 21 heavy (non-hydrogen) atoms. The zero-order valence-electron chi connectivity index (χ0n) is 13.8. The minimum absolute atomic E-state index is 0.0528. The fourth-order valence-corrected chi connectivity index (χ4v) is 2.05. The second-order valence-corrected chi connectivity index (χ2v) is 5.43. The van der Waals surface area contributed by atoms with Crippen molar-refractivity contribution in [3.8, 4) is 0 Å². The highest BCUT2D eigenvalue weighted by Crippen LogP contribution is 2.22. The molecule has 1 aromatic heterocycles. The lowest BCUT2D eigenvalue weighted by Gasteiger charge is -2.26. The van der Waals surface area contributed by atoms with E-state index in [1.165, 1.54) is 0 Å². The number of anilines is 2. The first-order valence-electron chi connectivity index (χ1n) is 7.48. The van der Waals surface area contributed by atoms with E-state index < -0.39 is 0 Å². The van der Waals surface area contributed by atoms with Gasteiger partial charge in [-0.2, -0.15) is 0 Å². The number of aryl methyl sites for hydroxylation is 1. The van der Waals surface area contributed by atoms with E-state index in [1.807, 2.05) is 11.8 Å². The topological polar surface area (TPSA) is 75.3 Å². The van der Waals surface area contributed by atoms with Gasteiger partial charge in [0.05, 0.1) is 6.54 Å². The Kier molecular flexibility index (Phi) is 6.39. The lowest BCUT2D eigenvalue weighted by Crippen LogP contribution is -2.38. The molecule has 0 unspecified atom stereocenters. The van der Waals surface area contributed by atoms with Crippen LogP contribution in [0.1, 0.15) is 38.1 Å². The highest BCUT2D eigenvalue weighted by Gasteiger charge is 2.18. The molecule has 6 heteroatoms. The number of likely N-dealkylation sites (N-methyl/N-ethyl adjacent to an activating group) is 1. The number of hydrogen-bond acceptors (Lipinski definition) is 5. The molecule has 0 bridgehead atoms. The van der Waals surface area contributed by atoms with E-state index in [0.717, 1.165) is 43.0 Å². The molecule has 0 saturated carbocycles. The maximum atomic E-state index is 12.0. The van der Waals surface area contributed by atoms with Gasteiger partial charge in [-0.1, -0.05) is 13.8 Å². The van der Waals surface area contributed by atoms with Crippen molar-refractivity contribution in [1.29, 1.82) is 0 Å². The van der Waals surface area contributed by atoms with Crippen molar-refractivity contribution in [3.05, 3.63) is 11.4 Å². The van der Waals surface area contributed by atoms with Crippen LogP contribution < -0.4 is 10.6 Å². The van der Waals surface area contributed by atoms with Gasteiger partial charge in [0.1, 0.15) is 17.5 Å². The Labute approximate surface area is 127 Å². The highest BCUT2D eigenvalue weighted by molar-refractivity contribution is 5.81. The number of rotatable bonds is 7. The van der Waals surface area contributed by atoms with Crippen molar-refractivity contribution < 1.29 is 4.79 Å². The smallest absolute Gasteiger partial charge is 0.241 e. The van der Waals surface area contributed by atoms with Gasteiger partial charge in [0.2, 0.25) is 5.91 Å². The van der Waals surface area contributed by atoms with Crippen molar-refractivity contribution in [2.45, 2.75) is 40.0 Å². The van der Waals surface area contributed by atoms with Gasteiger partial charge in [0.15, 0.2) is 0 Å². The van der Waals surface area contributed by atoms with Gasteiger partial charge in [0, 0.05) is 32.6 Å². The summed E-state index contributed by atoms with van der Waals surface area (Å²) in [5, 5.41) is 0. The van der Waals surface area contributed by atoms with Crippen LogP contribution in [0.25, 0.3) is 0 Å². The second-order valence-electron chi connectivity index (χ2n) is 5.43. The average Bonchev–Trinajstić information content (AvgIpc) is 2.42. The largest absolute Gasteiger partial charge is 0.383 e. The van der Waals surface area contributed by atoms with Gasteiger partial charge < -0.3 is 15.5 Å². The summed E-state index contributed by atoms with van der Waals surface area (Å²) in [7, 11) is 3.52. The quantitative estimate of drug-likeness (QED) is 0.827. The fourth-order valence-electron chi connectivity index (χ4n) is 2.05. The third-order valence-corrected chi connectivity index (χ3v) is 3.30. The first kappa shape index (κ1) is 17.2. The van der Waals surface area contributed by atoms with E-state index in [2.05, 4.69) is 23.8 Å². The number of aromatic nitrogens is 2. The summed E-state index contributed by atoms with van der Waals surface area (Å²) in [6, 6.07) is 0. The van der Waals surface area contributed by atoms with E-state index in [9.17, 15) is 4.79 Å². The minimum atomic E-state index is 0.0528. The molecule has 0 aliphatic heterocycles. The molecule has 0 aliphatic rings. The molecule has 0 atom stereocenters. The molecule has 1 heterocycles. The molecule has 0 saturated heterocycles. The molecule has 0 aromatic carbocycles. The van der Waals surface area contributed by atoms with Gasteiger partial charge in [-0.05, 0) is 19.8 Å². The number of nitrogen functional groups attached to an aromatic ring is 1. The number of carbonyl (C=O) groups excluding carboxylic acids is 1. The SMILES string of the molecule is CCCc1nc(N)c(C)c(N(CCC)CC(=O)N(C)C)n1. The van der Waals surface area contributed by atoms with Crippen LogP contribution >= 0.6 is 0 Å². The molecule has 6 nitrogen and oxygen atoms in total. The number of hydrogen-bond donors (Lipinski definition) is 1. The number of nitrogens with two attached hydrogens (primary N) is 1. The Morgan fingerprint density at radius 2 is 1.86 bits per heavy atom. The predicted molar refractivity (Wildman–Crippen MR) is 86.4 cm³/mol. The van der Waals surface area contributed by atoms with Crippen LogP contribution in [-0.2, 0) is 11.2 Å². The summed E-state index contributed by atoms with van der Waals surface area (Å²) in [6.07, 6.45) is 2.69. The zero-order valence-corrected chi connectivity index (χ0v) is 13.8. The summed E-state index contributed by atoms with van der Waals surface area (Å²) >= 11 is 0. The Morgan fingerprint density at radius 3 is 2.38 bits per heavy atom. The van der Waals surface area contributed by atoms with Crippen LogP contribution in [0.4, 0.5) is 11.6 Å². The van der Waals surface area contributed by atoms with Crippen LogP contribution in [0.5, 0.6) is 0 Å². The lowest BCUT2D eigenvalue weighted by atomic mass is 10.2. The number of nitrogens with zero attached hydrogens (tertiary/aromatic N) is 4. The van der Waals surface area contributed by atoms with E-state index in [0.29, 0.717) is 12.4 Å². The number of carbonyl (C=O) groups is 1. The predicted octanol–water partition coefficient (Wildman–Crippen LogP) is 1.62. The molecule has 0 aliphatic carbocycles. The van der Waals surface area contributed by atoms with E-state index in [4.69, 9.17) is 5.73 Å². The highest BCUT2D eigenvalue weighted by atomic mass is 16.2. The first-order chi connectivity index (χ1) is 9.90. The monoisotopic (exact) mass is 293 g/mol. The lowest BCUT2D eigenvalue weighted by molar-refractivity contribution is -0.127. The summed E-state index contributed by atoms with van der Waals surface area (Å²) in [5.74, 6) is 2.08. The summed E-state index contributed by atoms with van der Waals surface area (Å²) in [5.41, 5.74) is 6.85. The fraction of sp³-hybridized carbons (Fsp3) is 0.667. The third-order valence-electron chi connectivity index (χ3n) is 3.30. The second kappa shape index (κ2) is 7.81. The van der Waals surface area contributed by atoms with Crippen molar-refractivity contribution >= 4 is 17.5 Å². The van der Waals surface area contributed by atoms with Crippen molar-refractivity contribution in [2.24, 2.45) is 0 Å². The molecule has 1 amide bonds. The van der Waals surface area contributed by atoms with Crippen molar-refractivity contribution in [2.75, 3.05) is 37.8 Å². The molecule has 1 rings (SSSR count). The van der Waals surface area contributed by atoms with Gasteiger partial charge >= 0.3 is 0 Å². The van der Waals surface area contributed by atoms with Gasteiger partial charge in [-0.3, -0.25) is 4.79 Å². The zero-order chi connectivity index (χ0) is 16.0. The summed E-state index contributed by atoms with van der Waals surface area (Å²) in [4.78, 5) is 24.5. The Hall–Kier alpha value is -1.85. The molecule has 1 aromatic rings. The van der Waals surface area contributed by atoms with Crippen LogP contribution in [0.15, 0.2) is 0 Å². The van der Waals surface area contributed by atoms with Crippen molar-refractivity contribution in [3.63, 3.8) is 0 Å². The first-order valence-corrected chi connectivity index (χ1v) is 7.48. The normalized spacial score (nSPS) is 10.5. The minimum Gasteiger partial charge on any atom is -0.383 e. The standard InChI is InChI=1S/C15H27N5O/c1-6-8-12-17-14(16)11(3)15(18-12)20(9-7-2)10-13(21)19(4)5/h6-10H2,1-5H3,(H2,16,17,18). The van der Waals surface area contributed by atoms with Gasteiger partial charge in [-0.15, -0.1) is 0 Å². The van der Waals surface area contributed by atoms with E-state index in [1.54, 1.807) is 19.0 Å². The molecular formula is C15H27N5O. The number of amides is 1. The molecule has 0 fully saturated rings. The molecule has 2 N–H and O–H groups in total. The van der Waals surface area contributed by atoms with Crippen LogP contribution in [0.3, 0.4) is 0 Å². The Bertz CT molecular complexity index is 487. The van der Waals surface area contributed by atoms with Crippen molar-refractivity contribution in [1.82, 2.24) is 14.9 Å². The molecule has 0 radical (unpaired) electrons. The van der Waals surface area contributed by atoms with Crippen LogP contribution in [0.2, 0.25) is 0 Å². The summed E-state index contributed by atoms with van der Waals surface area (Å²) < 4.78 is 0. The van der Waals surface area contributed by atoms with Gasteiger partial charge in [-0.25, -0.2) is 9.97 Å². The van der Waals surface area contributed by atoms with E-state index >= 15 is 0 Å². The summed E-state index contributed by atoms with van der Waals surface area (Å²) in [6.45, 7) is 7.15. The Morgan fingerprint density at radius 1 is 1.19 bits per heavy atom. The molecule has 0 spiro atoms. The average molecular weight is 293 g/mol. The maximum Gasteiger partial charge on any atom is 0.241 e.